The molecule has 6 nitrogen and oxygen atoms in total. The van der Waals surface area contributed by atoms with Crippen LogP contribution in [0.2, 0.25) is 10.0 Å². The van der Waals surface area contributed by atoms with Crippen molar-refractivity contribution in [2.75, 3.05) is 13.7 Å². The first kappa shape index (κ1) is 20.7. The minimum absolute atomic E-state index is 0.0147. The molecule has 0 fully saturated rings. The van der Waals surface area contributed by atoms with E-state index < -0.39 is 17.8 Å². The maximum Gasteiger partial charge on any atom is 0.337 e. The zero-order valence-electron chi connectivity index (χ0n) is 14.5. The highest BCUT2D eigenvalue weighted by molar-refractivity contribution is 6.42. The zero-order valence-corrected chi connectivity index (χ0v) is 16.0. The number of amides is 1. The van der Waals surface area contributed by atoms with Gasteiger partial charge in [-0.2, -0.15) is 0 Å². The van der Waals surface area contributed by atoms with Crippen LogP contribution in [0, 0.1) is 0 Å². The number of carbonyl (C=O) groups excluding carboxylic acids is 3. The normalized spacial score (nSPS) is 10.2. The first-order valence-electron chi connectivity index (χ1n) is 7.92. The number of ether oxygens (including phenoxy) is 2. The van der Waals surface area contributed by atoms with Crippen LogP contribution in [0.25, 0.3) is 0 Å². The van der Waals surface area contributed by atoms with Gasteiger partial charge in [0.15, 0.2) is 6.61 Å². The number of carbonyl (C=O) groups is 3. The third-order valence-corrected chi connectivity index (χ3v) is 4.30. The van der Waals surface area contributed by atoms with Gasteiger partial charge in [-0.3, -0.25) is 9.59 Å². The van der Waals surface area contributed by atoms with Gasteiger partial charge in [0, 0.05) is 6.54 Å². The Kier molecular flexibility index (Phi) is 7.64. The number of esters is 2. The summed E-state index contributed by atoms with van der Waals surface area (Å²) in [6, 6.07) is 11.4. The molecule has 2 aromatic carbocycles. The highest BCUT2D eigenvalue weighted by Gasteiger charge is 2.10. The molecule has 0 saturated carbocycles. The predicted octanol–water partition coefficient (Wildman–Crippen LogP) is 3.18. The van der Waals surface area contributed by atoms with E-state index in [-0.39, 0.29) is 19.6 Å². The lowest BCUT2D eigenvalue weighted by atomic mass is 10.1. The van der Waals surface area contributed by atoms with Crippen LogP contribution in [0.1, 0.15) is 21.5 Å². The zero-order chi connectivity index (χ0) is 19.8. The van der Waals surface area contributed by atoms with E-state index in [0.717, 1.165) is 5.56 Å². The van der Waals surface area contributed by atoms with Crippen molar-refractivity contribution >= 4 is 41.0 Å². The number of benzene rings is 2. The van der Waals surface area contributed by atoms with Crippen molar-refractivity contribution in [1.82, 2.24) is 5.32 Å². The molecule has 0 spiro atoms. The Balaban J connectivity index is 1.74. The van der Waals surface area contributed by atoms with Gasteiger partial charge < -0.3 is 14.8 Å². The fourth-order valence-electron chi connectivity index (χ4n) is 2.14. The van der Waals surface area contributed by atoms with E-state index in [1.165, 1.54) is 7.11 Å². The molecule has 0 unspecified atom stereocenters. The Hall–Kier alpha value is -2.57. The van der Waals surface area contributed by atoms with Gasteiger partial charge in [0.1, 0.15) is 0 Å². The average molecular weight is 410 g/mol. The largest absolute Gasteiger partial charge is 0.465 e. The molecule has 0 aliphatic rings. The van der Waals surface area contributed by atoms with E-state index in [4.69, 9.17) is 27.9 Å². The van der Waals surface area contributed by atoms with E-state index >= 15 is 0 Å². The third kappa shape index (κ3) is 6.58. The summed E-state index contributed by atoms with van der Waals surface area (Å²) in [7, 11) is 1.30. The van der Waals surface area contributed by atoms with E-state index in [2.05, 4.69) is 10.1 Å². The molecule has 8 heteroatoms. The highest BCUT2D eigenvalue weighted by atomic mass is 35.5. The summed E-state index contributed by atoms with van der Waals surface area (Å²) in [5.74, 6) is -1.42. The molecular weight excluding hydrogens is 393 g/mol. The number of hydrogen-bond acceptors (Lipinski definition) is 5. The Morgan fingerprint density at radius 1 is 0.963 bits per heavy atom. The maximum absolute atomic E-state index is 11.8. The molecule has 2 rings (SSSR count). The fraction of sp³-hybridized carbons (Fsp3) is 0.211. The molecule has 0 bridgehead atoms. The van der Waals surface area contributed by atoms with Gasteiger partial charge >= 0.3 is 11.9 Å². The van der Waals surface area contributed by atoms with Crippen LogP contribution >= 0.6 is 23.2 Å². The predicted molar refractivity (Wildman–Crippen MR) is 101 cm³/mol. The summed E-state index contributed by atoms with van der Waals surface area (Å²) in [5.41, 5.74) is 1.85. The molecule has 0 radical (unpaired) electrons. The Bertz CT molecular complexity index is 836. The second-order valence-corrected chi connectivity index (χ2v) is 6.37. The third-order valence-electron chi connectivity index (χ3n) is 3.56. The summed E-state index contributed by atoms with van der Waals surface area (Å²) >= 11 is 11.7. The van der Waals surface area contributed by atoms with E-state index in [9.17, 15) is 14.4 Å². The standard InChI is InChI=1S/C19H17Cl2NO5/c1-26-19(25)14-5-2-12(3-6-14)10-22-17(23)11-27-18(24)9-13-4-7-15(20)16(21)8-13/h2-8H,9-11H2,1H3,(H,22,23). The lowest BCUT2D eigenvalue weighted by Gasteiger charge is -2.08. The Morgan fingerprint density at radius 3 is 2.26 bits per heavy atom. The molecule has 0 aliphatic carbocycles. The van der Waals surface area contributed by atoms with Gasteiger partial charge in [-0.1, -0.05) is 41.4 Å². The molecular formula is C19H17Cl2NO5. The number of methoxy groups -OCH3 is 1. The maximum atomic E-state index is 11.8. The van der Waals surface area contributed by atoms with E-state index in [0.29, 0.717) is 21.2 Å². The number of hydrogen-bond donors (Lipinski definition) is 1. The second kappa shape index (κ2) is 9.94. The summed E-state index contributed by atoms with van der Waals surface area (Å²) in [5, 5.41) is 3.37. The summed E-state index contributed by atoms with van der Waals surface area (Å²) in [6.45, 7) is -0.148. The van der Waals surface area contributed by atoms with Gasteiger partial charge in [-0.15, -0.1) is 0 Å². The number of halogens is 2. The van der Waals surface area contributed by atoms with Crippen molar-refractivity contribution in [3.8, 4) is 0 Å². The van der Waals surface area contributed by atoms with Crippen LogP contribution in [0.3, 0.4) is 0 Å². The van der Waals surface area contributed by atoms with Crippen molar-refractivity contribution in [2.24, 2.45) is 0 Å². The van der Waals surface area contributed by atoms with Gasteiger partial charge in [0.05, 0.1) is 29.1 Å². The highest BCUT2D eigenvalue weighted by Crippen LogP contribution is 2.22. The number of rotatable bonds is 7. The second-order valence-electron chi connectivity index (χ2n) is 5.55. The van der Waals surface area contributed by atoms with E-state index in [1.54, 1.807) is 42.5 Å². The molecule has 27 heavy (non-hydrogen) atoms. The van der Waals surface area contributed by atoms with Crippen LogP contribution in [0.15, 0.2) is 42.5 Å². The van der Waals surface area contributed by atoms with Crippen molar-refractivity contribution in [3.63, 3.8) is 0 Å². The monoisotopic (exact) mass is 409 g/mol. The number of nitrogens with one attached hydrogen (secondary N) is 1. The van der Waals surface area contributed by atoms with Crippen molar-refractivity contribution in [1.29, 1.82) is 0 Å². The van der Waals surface area contributed by atoms with Gasteiger partial charge in [0.25, 0.3) is 5.91 Å². The first-order chi connectivity index (χ1) is 12.9. The van der Waals surface area contributed by atoms with Crippen LogP contribution in [0.4, 0.5) is 0 Å². The van der Waals surface area contributed by atoms with Gasteiger partial charge in [0.2, 0.25) is 0 Å². The van der Waals surface area contributed by atoms with Crippen LogP contribution in [-0.2, 0) is 32.0 Å². The minimum Gasteiger partial charge on any atom is -0.465 e. The lowest BCUT2D eigenvalue weighted by molar-refractivity contribution is -0.147. The average Bonchev–Trinajstić information content (AvgIpc) is 2.67. The molecule has 0 atom stereocenters. The summed E-state index contributed by atoms with van der Waals surface area (Å²) in [6.07, 6.45) is -0.0147. The minimum atomic E-state index is -0.550. The Morgan fingerprint density at radius 2 is 1.63 bits per heavy atom. The van der Waals surface area contributed by atoms with Crippen LogP contribution < -0.4 is 5.32 Å². The Labute approximate surface area is 166 Å². The van der Waals surface area contributed by atoms with Gasteiger partial charge in [-0.25, -0.2) is 4.79 Å². The summed E-state index contributed by atoms with van der Waals surface area (Å²) < 4.78 is 9.56. The quantitative estimate of drug-likeness (QED) is 0.710. The van der Waals surface area contributed by atoms with Crippen molar-refractivity contribution < 1.29 is 23.9 Å². The fourth-order valence-corrected chi connectivity index (χ4v) is 2.46. The van der Waals surface area contributed by atoms with Crippen molar-refractivity contribution in [3.05, 3.63) is 69.2 Å². The molecule has 1 N–H and O–H groups in total. The van der Waals surface area contributed by atoms with Gasteiger partial charge in [-0.05, 0) is 35.4 Å². The van der Waals surface area contributed by atoms with Crippen molar-refractivity contribution in [2.45, 2.75) is 13.0 Å². The topological polar surface area (TPSA) is 81.7 Å². The molecule has 2 aromatic rings. The van der Waals surface area contributed by atoms with Crippen LogP contribution in [-0.4, -0.2) is 31.6 Å². The SMILES string of the molecule is COC(=O)c1ccc(CNC(=O)COC(=O)Cc2ccc(Cl)c(Cl)c2)cc1. The molecule has 0 heterocycles. The molecule has 1 amide bonds. The smallest absolute Gasteiger partial charge is 0.337 e. The first-order valence-corrected chi connectivity index (χ1v) is 8.68. The molecule has 0 aromatic heterocycles. The molecule has 0 saturated heterocycles. The molecule has 0 aliphatic heterocycles. The lowest BCUT2D eigenvalue weighted by Crippen LogP contribution is -2.28. The van der Waals surface area contributed by atoms with Crippen LogP contribution in [0.5, 0.6) is 0 Å². The van der Waals surface area contributed by atoms with E-state index in [1.807, 2.05) is 0 Å². The molecule has 142 valence electrons. The summed E-state index contributed by atoms with van der Waals surface area (Å²) in [4.78, 5) is 34.9.